The predicted molar refractivity (Wildman–Crippen MR) is 66.2 cm³/mol. The SMILES string of the molecule is CN(C)[C@@H]([C@H](O)c1ccsc1)C(C)(C)C. The topological polar surface area (TPSA) is 23.5 Å². The van der Waals surface area contributed by atoms with Crippen LogP contribution in [0.4, 0.5) is 0 Å². The number of aliphatic hydroxyl groups is 1. The molecule has 1 aromatic rings. The highest BCUT2D eigenvalue weighted by molar-refractivity contribution is 7.07. The Morgan fingerprint density at radius 2 is 1.93 bits per heavy atom. The lowest BCUT2D eigenvalue weighted by atomic mass is 9.81. The average molecular weight is 227 g/mol. The van der Waals surface area contributed by atoms with Crippen LogP contribution in [-0.2, 0) is 0 Å². The van der Waals surface area contributed by atoms with Crippen LogP contribution < -0.4 is 0 Å². The number of nitrogens with zero attached hydrogens (tertiary/aromatic N) is 1. The van der Waals surface area contributed by atoms with E-state index < -0.39 is 6.10 Å². The van der Waals surface area contributed by atoms with Gasteiger partial charge in [0.05, 0.1) is 6.10 Å². The van der Waals surface area contributed by atoms with Crippen LogP contribution in [0.3, 0.4) is 0 Å². The molecular weight excluding hydrogens is 206 g/mol. The third-order valence-electron chi connectivity index (χ3n) is 2.63. The Labute approximate surface area is 96.5 Å². The Morgan fingerprint density at radius 1 is 1.33 bits per heavy atom. The summed E-state index contributed by atoms with van der Waals surface area (Å²) in [5, 5.41) is 14.4. The molecule has 0 unspecified atom stereocenters. The van der Waals surface area contributed by atoms with Crippen molar-refractivity contribution in [2.45, 2.75) is 32.9 Å². The number of thiophene rings is 1. The van der Waals surface area contributed by atoms with Gasteiger partial charge in [-0.1, -0.05) is 20.8 Å². The van der Waals surface area contributed by atoms with Gasteiger partial charge in [-0.25, -0.2) is 0 Å². The van der Waals surface area contributed by atoms with Gasteiger partial charge in [-0.05, 0) is 41.9 Å². The number of hydrogen-bond donors (Lipinski definition) is 1. The molecule has 2 atom stereocenters. The van der Waals surface area contributed by atoms with Crippen LogP contribution in [0.15, 0.2) is 16.8 Å². The van der Waals surface area contributed by atoms with E-state index in [1.165, 1.54) is 0 Å². The van der Waals surface area contributed by atoms with Crippen LogP contribution >= 0.6 is 11.3 Å². The molecule has 0 saturated heterocycles. The van der Waals surface area contributed by atoms with Crippen LogP contribution in [-0.4, -0.2) is 30.1 Å². The maximum atomic E-state index is 10.3. The quantitative estimate of drug-likeness (QED) is 0.858. The summed E-state index contributed by atoms with van der Waals surface area (Å²) in [6.45, 7) is 6.48. The van der Waals surface area contributed by atoms with Crippen molar-refractivity contribution in [2.24, 2.45) is 5.41 Å². The molecule has 1 rings (SSSR count). The zero-order valence-electron chi connectivity index (χ0n) is 10.2. The largest absolute Gasteiger partial charge is 0.387 e. The highest BCUT2D eigenvalue weighted by Crippen LogP contribution is 2.33. The predicted octanol–water partition coefficient (Wildman–Crippen LogP) is 2.76. The lowest BCUT2D eigenvalue weighted by Gasteiger charge is -2.39. The molecule has 2 nitrogen and oxygen atoms in total. The van der Waals surface area contributed by atoms with E-state index in [-0.39, 0.29) is 11.5 Å². The number of hydrogen-bond acceptors (Lipinski definition) is 3. The molecule has 0 fully saturated rings. The Hall–Kier alpha value is -0.380. The minimum absolute atomic E-state index is 0.0604. The minimum Gasteiger partial charge on any atom is -0.387 e. The lowest BCUT2D eigenvalue weighted by Crippen LogP contribution is -2.43. The van der Waals surface area contributed by atoms with E-state index in [4.69, 9.17) is 0 Å². The summed E-state index contributed by atoms with van der Waals surface area (Å²) in [5.74, 6) is 0. The van der Waals surface area contributed by atoms with Crippen LogP contribution in [0, 0.1) is 5.41 Å². The lowest BCUT2D eigenvalue weighted by molar-refractivity contribution is 0.0132. The van der Waals surface area contributed by atoms with Gasteiger partial charge in [0.1, 0.15) is 0 Å². The van der Waals surface area contributed by atoms with Gasteiger partial charge < -0.3 is 10.0 Å². The third kappa shape index (κ3) is 3.03. The van der Waals surface area contributed by atoms with E-state index in [9.17, 15) is 5.11 Å². The van der Waals surface area contributed by atoms with Gasteiger partial charge in [-0.15, -0.1) is 0 Å². The molecule has 0 saturated carbocycles. The van der Waals surface area contributed by atoms with Crippen LogP contribution in [0.5, 0.6) is 0 Å². The van der Waals surface area contributed by atoms with Crippen molar-refractivity contribution in [2.75, 3.05) is 14.1 Å². The number of likely N-dealkylation sites (N-methyl/N-ethyl adjacent to an activating group) is 1. The summed E-state index contributed by atoms with van der Waals surface area (Å²) < 4.78 is 0. The van der Waals surface area contributed by atoms with Crippen molar-refractivity contribution in [3.63, 3.8) is 0 Å². The van der Waals surface area contributed by atoms with Gasteiger partial charge in [-0.3, -0.25) is 0 Å². The smallest absolute Gasteiger partial charge is 0.0958 e. The van der Waals surface area contributed by atoms with Crippen molar-refractivity contribution in [1.29, 1.82) is 0 Å². The maximum absolute atomic E-state index is 10.3. The zero-order valence-corrected chi connectivity index (χ0v) is 11.0. The first-order chi connectivity index (χ1) is 6.84. The molecule has 0 spiro atoms. The van der Waals surface area contributed by atoms with E-state index in [2.05, 4.69) is 25.7 Å². The van der Waals surface area contributed by atoms with E-state index in [0.717, 1.165) is 5.56 Å². The summed E-state index contributed by atoms with van der Waals surface area (Å²) in [6, 6.07) is 2.13. The Kier molecular flexibility index (Phi) is 3.93. The summed E-state index contributed by atoms with van der Waals surface area (Å²) in [5.41, 5.74) is 1.08. The van der Waals surface area contributed by atoms with Crippen molar-refractivity contribution in [3.8, 4) is 0 Å². The third-order valence-corrected chi connectivity index (χ3v) is 3.33. The molecule has 0 radical (unpaired) electrons. The van der Waals surface area contributed by atoms with Crippen LogP contribution in [0.25, 0.3) is 0 Å². The van der Waals surface area contributed by atoms with Gasteiger partial charge in [0, 0.05) is 6.04 Å². The highest BCUT2D eigenvalue weighted by Gasteiger charge is 2.33. The molecule has 0 bridgehead atoms. The monoisotopic (exact) mass is 227 g/mol. The molecule has 0 aliphatic heterocycles. The molecule has 86 valence electrons. The fraction of sp³-hybridized carbons (Fsp3) is 0.667. The van der Waals surface area contributed by atoms with Crippen molar-refractivity contribution in [1.82, 2.24) is 4.90 Å². The number of aliphatic hydroxyl groups excluding tert-OH is 1. The molecule has 0 aliphatic rings. The highest BCUT2D eigenvalue weighted by atomic mass is 32.1. The van der Waals surface area contributed by atoms with E-state index in [1.54, 1.807) is 11.3 Å². The molecule has 1 N–H and O–H groups in total. The molecule has 1 aromatic heterocycles. The summed E-state index contributed by atoms with van der Waals surface area (Å²) in [6.07, 6.45) is -0.411. The zero-order chi connectivity index (χ0) is 11.6. The standard InChI is InChI=1S/C12H21NOS/c1-12(2,3)11(13(4)5)10(14)9-6-7-15-8-9/h6-8,10-11,14H,1-5H3/t10-,11+/m1/s1. The fourth-order valence-electron chi connectivity index (χ4n) is 2.16. The first-order valence-corrected chi connectivity index (χ1v) is 6.15. The first-order valence-electron chi connectivity index (χ1n) is 5.20. The summed E-state index contributed by atoms with van der Waals surface area (Å²) in [7, 11) is 4.04. The summed E-state index contributed by atoms with van der Waals surface area (Å²) in [4.78, 5) is 2.10. The van der Waals surface area contributed by atoms with Crippen molar-refractivity contribution >= 4 is 11.3 Å². The van der Waals surface area contributed by atoms with Gasteiger partial charge in [0.15, 0.2) is 0 Å². The molecule has 0 aliphatic carbocycles. The van der Waals surface area contributed by atoms with E-state index in [0.29, 0.717) is 0 Å². The second-order valence-corrected chi connectivity index (χ2v) is 6.06. The molecule has 0 aromatic carbocycles. The van der Waals surface area contributed by atoms with Gasteiger partial charge in [-0.2, -0.15) is 11.3 Å². The van der Waals surface area contributed by atoms with E-state index in [1.807, 2.05) is 30.9 Å². The fourth-order valence-corrected chi connectivity index (χ4v) is 2.85. The van der Waals surface area contributed by atoms with Crippen molar-refractivity contribution < 1.29 is 5.11 Å². The molecule has 15 heavy (non-hydrogen) atoms. The van der Waals surface area contributed by atoms with Crippen LogP contribution in [0.1, 0.15) is 32.4 Å². The van der Waals surface area contributed by atoms with Gasteiger partial charge in [0.25, 0.3) is 0 Å². The molecule has 0 amide bonds. The van der Waals surface area contributed by atoms with E-state index >= 15 is 0 Å². The second-order valence-electron chi connectivity index (χ2n) is 5.28. The minimum atomic E-state index is -0.411. The Balaban J connectivity index is 2.91. The summed E-state index contributed by atoms with van der Waals surface area (Å²) >= 11 is 1.63. The molecule has 1 heterocycles. The normalized spacial score (nSPS) is 16.7. The van der Waals surface area contributed by atoms with Gasteiger partial charge in [0.2, 0.25) is 0 Å². The second kappa shape index (κ2) is 4.64. The van der Waals surface area contributed by atoms with Crippen molar-refractivity contribution in [3.05, 3.63) is 22.4 Å². The molecule has 3 heteroatoms. The Morgan fingerprint density at radius 3 is 2.27 bits per heavy atom. The first kappa shape index (κ1) is 12.7. The van der Waals surface area contributed by atoms with Crippen LogP contribution in [0.2, 0.25) is 0 Å². The molecular formula is C12H21NOS. The number of rotatable bonds is 3. The van der Waals surface area contributed by atoms with Gasteiger partial charge >= 0.3 is 0 Å². The Bertz CT molecular complexity index is 287. The average Bonchev–Trinajstić information content (AvgIpc) is 2.51. The maximum Gasteiger partial charge on any atom is 0.0958 e.